The van der Waals surface area contributed by atoms with E-state index in [0.717, 1.165) is 22.0 Å². The molecule has 0 unspecified atom stereocenters. The number of carbonyl (C=O) groups excluding carboxylic acids is 1. The summed E-state index contributed by atoms with van der Waals surface area (Å²) in [6, 6.07) is 17.7. The van der Waals surface area contributed by atoms with Gasteiger partial charge < -0.3 is 35.5 Å². The Balaban J connectivity index is 1.02. The maximum absolute atomic E-state index is 13.3. The first-order chi connectivity index (χ1) is 24.5. The fourth-order valence-corrected chi connectivity index (χ4v) is 6.44. The summed E-state index contributed by atoms with van der Waals surface area (Å²) in [6.45, 7) is 4.88. The molecule has 0 aliphatic carbocycles. The van der Waals surface area contributed by atoms with Gasteiger partial charge in [0.05, 0.1) is 16.6 Å². The first-order valence-corrected chi connectivity index (χ1v) is 16.5. The molecule has 14 nitrogen and oxygen atoms in total. The van der Waals surface area contributed by atoms with E-state index in [9.17, 15) is 24.9 Å². The molecule has 4 aromatic heterocycles. The molecule has 0 bridgehead atoms. The van der Waals surface area contributed by atoms with Gasteiger partial charge in [-0.2, -0.15) is 4.98 Å². The SMILES string of the molecule is CC(C)c1cc(-c2nnc(O)n2-c2ccc3c(ccn3CCN(C)C(=O)c3ccc(CCc4c[nH]c5nc(N)[nH]c(=O)c45)cc3)c2)c(O)cc1O. The van der Waals surface area contributed by atoms with E-state index in [0.29, 0.717) is 59.3 Å². The van der Waals surface area contributed by atoms with Crippen molar-refractivity contribution in [3.63, 3.8) is 0 Å². The quantitative estimate of drug-likeness (QED) is 0.116. The monoisotopic (exact) mass is 687 g/mol. The van der Waals surface area contributed by atoms with Crippen LogP contribution >= 0.6 is 0 Å². The Morgan fingerprint density at radius 1 is 0.980 bits per heavy atom. The number of carbonyl (C=O) groups is 1. The van der Waals surface area contributed by atoms with Crippen molar-refractivity contribution in [1.82, 2.24) is 39.2 Å². The van der Waals surface area contributed by atoms with Crippen molar-refractivity contribution in [3.8, 4) is 34.6 Å². The number of amides is 1. The van der Waals surface area contributed by atoms with Gasteiger partial charge in [-0.25, -0.2) is 4.57 Å². The van der Waals surface area contributed by atoms with Crippen LogP contribution in [0.3, 0.4) is 0 Å². The highest BCUT2D eigenvalue weighted by molar-refractivity contribution is 5.94. The van der Waals surface area contributed by atoms with Crippen LogP contribution in [0.4, 0.5) is 5.95 Å². The van der Waals surface area contributed by atoms with Crippen molar-refractivity contribution >= 4 is 33.8 Å². The molecule has 260 valence electrons. The van der Waals surface area contributed by atoms with E-state index in [1.165, 1.54) is 10.6 Å². The molecular weight excluding hydrogens is 650 g/mol. The Hall–Kier alpha value is -6.57. The fraction of sp³-hybridized carbons (Fsp3) is 0.216. The average molecular weight is 688 g/mol. The van der Waals surface area contributed by atoms with Crippen molar-refractivity contribution < 1.29 is 20.1 Å². The van der Waals surface area contributed by atoms with E-state index in [1.54, 1.807) is 24.2 Å². The number of fused-ring (bicyclic) bond motifs is 2. The minimum atomic E-state index is -0.343. The number of phenols is 2. The number of nitrogens with one attached hydrogen (secondary N) is 2. The van der Waals surface area contributed by atoms with E-state index in [2.05, 4.69) is 29.7 Å². The maximum atomic E-state index is 13.3. The maximum Gasteiger partial charge on any atom is 0.319 e. The normalized spacial score (nSPS) is 11.6. The Kier molecular flexibility index (Phi) is 8.43. The average Bonchev–Trinajstić information content (AvgIpc) is 3.82. The standard InChI is InChI=1S/C37H37N9O5/c1-20(2)26-17-27(30(48)18-29(26)47)33-42-43-37(51)46(33)25-10-11-28-23(16-25)12-13-45(28)15-14-44(3)35(50)22-7-4-21(5-8-22)6-9-24-19-39-32-31(24)34(49)41-36(38)40-32/h4-5,7-8,10-13,16-20,47-48H,6,9,14-15H2,1-3H3,(H,43,51)(H4,38,39,40,41,49). The van der Waals surface area contributed by atoms with Gasteiger partial charge in [-0.15, -0.1) is 5.10 Å². The summed E-state index contributed by atoms with van der Waals surface area (Å²) < 4.78 is 3.50. The van der Waals surface area contributed by atoms with Crippen LogP contribution in [0, 0.1) is 0 Å². The van der Waals surface area contributed by atoms with Gasteiger partial charge in [0.1, 0.15) is 17.1 Å². The molecule has 7 N–H and O–H groups in total. The molecule has 0 saturated carbocycles. The van der Waals surface area contributed by atoms with Gasteiger partial charge in [-0.1, -0.05) is 31.1 Å². The van der Waals surface area contributed by atoms with E-state index in [1.807, 2.05) is 68.6 Å². The number of nitrogen functional groups attached to an aromatic ring is 1. The first-order valence-electron chi connectivity index (χ1n) is 16.5. The molecule has 0 aliphatic rings. The highest BCUT2D eigenvalue weighted by atomic mass is 16.3. The number of aryl methyl sites for hydroxylation is 2. The Morgan fingerprint density at radius 3 is 2.53 bits per heavy atom. The van der Waals surface area contributed by atoms with Crippen molar-refractivity contribution in [1.29, 1.82) is 0 Å². The van der Waals surface area contributed by atoms with Crippen molar-refractivity contribution in [3.05, 3.63) is 106 Å². The zero-order valence-electron chi connectivity index (χ0n) is 28.3. The third-order valence-electron chi connectivity index (χ3n) is 9.22. The van der Waals surface area contributed by atoms with Crippen LogP contribution in [-0.4, -0.2) is 74.0 Å². The number of aromatic nitrogens is 7. The number of benzene rings is 3. The molecule has 0 radical (unpaired) electrons. The predicted octanol–water partition coefficient (Wildman–Crippen LogP) is 4.83. The molecule has 7 rings (SSSR count). The minimum Gasteiger partial charge on any atom is -0.508 e. The number of nitrogens with two attached hydrogens (primary N) is 1. The topological polar surface area (TPSA) is 204 Å². The Labute approximate surface area is 291 Å². The number of aromatic amines is 2. The van der Waals surface area contributed by atoms with Crippen LogP contribution in [0.1, 0.15) is 46.8 Å². The molecular formula is C37H37N9O5. The number of likely N-dealkylation sites (N-methyl/N-ethyl adjacent to an activating group) is 1. The lowest BCUT2D eigenvalue weighted by Crippen LogP contribution is -2.30. The van der Waals surface area contributed by atoms with Crippen LogP contribution in [0.2, 0.25) is 0 Å². The molecule has 7 aromatic rings. The van der Waals surface area contributed by atoms with Crippen LogP contribution in [-0.2, 0) is 19.4 Å². The summed E-state index contributed by atoms with van der Waals surface area (Å²) >= 11 is 0. The minimum absolute atomic E-state index is 0.0118. The molecule has 0 atom stereocenters. The predicted molar refractivity (Wildman–Crippen MR) is 193 cm³/mol. The summed E-state index contributed by atoms with van der Waals surface area (Å²) in [5, 5.41) is 41.0. The smallest absolute Gasteiger partial charge is 0.319 e. The molecule has 0 saturated heterocycles. The van der Waals surface area contributed by atoms with E-state index in [4.69, 9.17) is 5.73 Å². The molecule has 1 amide bonds. The number of nitrogens with zero attached hydrogens (tertiary/aromatic N) is 6. The summed E-state index contributed by atoms with van der Waals surface area (Å²) in [7, 11) is 1.77. The molecule has 51 heavy (non-hydrogen) atoms. The van der Waals surface area contributed by atoms with Crippen LogP contribution in [0.15, 0.2) is 77.9 Å². The van der Waals surface area contributed by atoms with Gasteiger partial charge in [0.2, 0.25) is 5.95 Å². The largest absolute Gasteiger partial charge is 0.508 e. The van der Waals surface area contributed by atoms with Gasteiger partial charge in [0.25, 0.3) is 11.5 Å². The number of anilines is 1. The molecule has 14 heteroatoms. The highest BCUT2D eigenvalue weighted by Crippen LogP contribution is 2.39. The van der Waals surface area contributed by atoms with Crippen LogP contribution in [0.5, 0.6) is 17.5 Å². The fourth-order valence-electron chi connectivity index (χ4n) is 6.44. The van der Waals surface area contributed by atoms with Gasteiger partial charge in [0.15, 0.2) is 5.82 Å². The number of H-pyrrole nitrogens is 2. The summed E-state index contributed by atoms with van der Waals surface area (Å²) in [5.41, 5.74) is 10.8. The number of hydrogen-bond donors (Lipinski definition) is 6. The number of rotatable bonds is 10. The molecule has 4 heterocycles. The zero-order valence-corrected chi connectivity index (χ0v) is 28.3. The number of phenolic OH excluding ortho intramolecular Hbond substituents is 2. The first kappa shape index (κ1) is 33.0. The summed E-state index contributed by atoms with van der Waals surface area (Å²) in [4.78, 5) is 37.0. The third-order valence-corrected chi connectivity index (χ3v) is 9.22. The van der Waals surface area contributed by atoms with Crippen molar-refractivity contribution in [2.45, 2.75) is 39.2 Å². The van der Waals surface area contributed by atoms with Gasteiger partial charge in [0, 0.05) is 55.1 Å². The van der Waals surface area contributed by atoms with Gasteiger partial charge in [-0.3, -0.25) is 14.6 Å². The molecule has 3 aromatic carbocycles. The van der Waals surface area contributed by atoms with Crippen molar-refractivity contribution in [2.75, 3.05) is 19.3 Å². The van der Waals surface area contributed by atoms with Crippen LogP contribution in [0.25, 0.3) is 39.0 Å². The summed E-state index contributed by atoms with van der Waals surface area (Å²) in [6.07, 6.45) is 5.02. The lowest BCUT2D eigenvalue weighted by atomic mass is 9.98. The second-order valence-electron chi connectivity index (χ2n) is 12.9. The Bertz CT molecular complexity index is 2470. The molecule has 0 aliphatic heterocycles. The third kappa shape index (κ3) is 6.23. The highest BCUT2D eigenvalue weighted by Gasteiger charge is 2.21. The van der Waals surface area contributed by atoms with E-state index >= 15 is 0 Å². The van der Waals surface area contributed by atoms with E-state index < -0.39 is 0 Å². The van der Waals surface area contributed by atoms with E-state index in [-0.39, 0.29) is 46.7 Å². The zero-order chi connectivity index (χ0) is 36.0. The summed E-state index contributed by atoms with van der Waals surface area (Å²) in [5.74, 6) is -0.0137. The van der Waals surface area contributed by atoms with Crippen LogP contribution < -0.4 is 11.3 Å². The second-order valence-corrected chi connectivity index (χ2v) is 12.9. The lowest BCUT2D eigenvalue weighted by molar-refractivity contribution is 0.0790. The van der Waals surface area contributed by atoms with Gasteiger partial charge >= 0.3 is 6.01 Å². The number of aromatic hydroxyl groups is 3. The second kappa shape index (κ2) is 13.0. The molecule has 0 fully saturated rings. The Morgan fingerprint density at radius 2 is 1.76 bits per heavy atom. The van der Waals surface area contributed by atoms with Gasteiger partial charge in [-0.05, 0) is 77.9 Å². The number of hydrogen-bond acceptors (Lipinski definition) is 9. The molecule has 0 spiro atoms. The lowest BCUT2D eigenvalue weighted by Gasteiger charge is -2.18. The van der Waals surface area contributed by atoms with Crippen molar-refractivity contribution in [2.24, 2.45) is 0 Å².